The molecule has 0 aromatic carbocycles. The van der Waals surface area contributed by atoms with E-state index >= 15 is 0 Å². The number of carbonyl (C=O) groups is 4. The molecule has 3 fully saturated rings. The first-order valence-corrected chi connectivity index (χ1v) is 14.9. The summed E-state index contributed by atoms with van der Waals surface area (Å²) in [4.78, 5) is 47.3. The Kier molecular flexibility index (Phi) is 12.3. The predicted octanol–water partition coefficient (Wildman–Crippen LogP) is 4.28. The minimum absolute atomic E-state index is 0.0296. The molecule has 238 valence electrons. The van der Waals surface area contributed by atoms with E-state index < -0.39 is 36.1 Å². The Hall–Kier alpha value is -3.24. The molecule has 10 heteroatoms. The van der Waals surface area contributed by atoms with Crippen LogP contribution in [0.3, 0.4) is 0 Å². The smallest absolute Gasteiger partial charge is 0.333 e. The van der Waals surface area contributed by atoms with Crippen LogP contribution in [0.2, 0.25) is 0 Å². The van der Waals surface area contributed by atoms with Crippen molar-refractivity contribution in [1.29, 1.82) is 0 Å². The van der Waals surface area contributed by atoms with Crippen molar-refractivity contribution in [3.63, 3.8) is 0 Å². The summed E-state index contributed by atoms with van der Waals surface area (Å²) < 4.78 is 33.5. The van der Waals surface area contributed by atoms with E-state index in [4.69, 9.17) is 28.4 Å². The van der Waals surface area contributed by atoms with E-state index in [9.17, 15) is 19.2 Å². The Bertz CT molecular complexity index is 1100. The van der Waals surface area contributed by atoms with E-state index in [1.807, 2.05) is 0 Å². The van der Waals surface area contributed by atoms with Crippen LogP contribution >= 0.6 is 0 Å². The van der Waals surface area contributed by atoms with Gasteiger partial charge in [0.25, 0.3) is 0 Å². The first kappa shape index (κ1) is 34.3. The predicted molar refractivity (Wildman–Crippen MR) is 157 cm³/mol. The van der Waals surface area contributed by atoms with Gasteiger partial charge in [-0.2, -0.15) is 0 Å². The Morgan fingerprint density at radius 3 is 1.91 bits per heavy atom. The van der Waals surface area contributed by atoms with Crippen molar-refractivity contribution >= 4 is 23.9 Å². The van der Waals surface area contributed by atoms with Crippen molar-refractivity contribution in [3.8, 4) is 0 Å². The van der Waals surface area contributed by atoms with Crippen molar-refractivity contribution in [2.45, 2.75) is 71.2 Å². The molecule has 8 unspecified atom stereocenters. The molecule has 8 atom stereocenters. The zero-order valence-corrected chi connectivity index (χ0v) is 25.7. The van der Waals surface area contributed by atoms with Gasteiger partial charge in [-0.05, 0) is 75.0 Å². The molecule has 0 amide bonds. The summed E-state index contributed by atoms with van der Waals surface area (Å²) in [5.41, 5.74) is 0.445. The van der Waals surface area contributed by atoms with Crippen LogP contribution in [0.25, 0.3) is 0 Å². The molecule has 0 aromatic heterocycles. The van der Waals surface area contributed by atoms with E-state index in [0.717, 1.165) is 44.3 Å². The molecule has 0 heterocycles. The lowest BCUT2D eigenvalue weighted by atomic mass is 9.61. The van der Waals surface area contributed by atoms with Crippen molar-refractivity contribution in [3.05, 3.63) is 49.6 Å². The molecule has 0 radical (unpaired) electrons. The number of ether oxygens (including phenoxy) is 6. The maximum absolute atomic E-state index is 11.9. The molecule has 0 N–H and O–H groups in total. The first-order chi connectivity index (χ1) is 20.4. The van der Waals surface area contributed by atoms with Gasteiger partial charge < -0.3 is 28.4 Å². The fraction of sp³-hybridized carbons (Fsp3) is 0.636. The lowest BCUT2D eigenvalue weighted by molar-refractivity contribution is -0.160. The second-order valence-corrected chi connectivity index (χ2v) is 12.4. The molecule has 43 heavy (non-hydrogen) atoms. The standard InChI is InChI=1S/C33H46O10/c1-8-29(34)42-23(17-40-31(36)20(3)4)15-38-19-33(7)11-10-25-22-12-26(27(25)14-33)28(13-22)39-16-24(43-30(35)9-2)18-41-32(37)21(5)6/h8-9,22-28H,1-3,5,10-19H2,4,6-7H3. The minimum Gasteiger partial charge on any atom is -0.458 e. The van der Waals surface area contributed by atoms with Gasteiger partial charge in [-0.1, -0.05) is 33.2 Å². The zero-order valence-electron chi connectivity index (χ0n) is 25.7. The van der Waals surface area contributed by atoms with Crippen LogP contribution in [0, 0.1) is 29.1 Å². The summed E-state index contributed by atoms with van der Waals surface area (Å²) in [5, 5.41) is 0. The lowest BCUT2D eigenvalue weighted by Gasteiger charge is -2.46. The van der Waals surface area contributed by atoms with Gasteiger partial charge in [0.1, 0.15) is 13.2 Å². The molecule has 10 nitrogen and oxygen atoms in total. The molecule has 3 aliphatic carbocycles. The van der Waals surface area contributed by atoms with Crippen LogP contribution in [0.5, 0.6) is 0 Å². The Balaban J connectivity index is 1.54. The van der Waals surface area contributed by atoms with Crippen LogP contribution in [-0.2, 0) is 47.6 Å². The van der Waals surface area contributed by atoms with Gasteiger partial charge in [0.2, 0.25) is 0 Å². The highest BCUT2D eigenvalue weighted by Crippen LogP contribution is 2.61. The van der Waals surface area contributed by atoms with E-state index in [1.165, 1.54) is 0 Å². The number of hydrogen-bond donors (Lipinski definition) is 0. The van der Waals surface area contributed by atoms with Crippen molar-refractivity contribution < 1.29 is 47.6 Å². The van der Waals surface area contributed by atoms with Gasteiger partial charge in [-0.3, -0.25) is 0 Å². The summed E-state index contributed by atoms with van der Waals surface area (Å²) in [7, 11) is 0. The third-order valence-corrected chi connectivity index (χ3v) is 8.75. The summed E-state index contributed by atoms with van der Waals surface area (Å²) in [6, 6.07) is 0. The maximum Gasteiger partial charge on any atom is 0.333 e. The molecule has 0 aromatic rings. The van der Waals surface area contributed by atoms with Gasteiger partial charge in [0.15, 0.2) is 12.2 Å². The van der Waals surface area contributed by atoms with Gasteiger partial charge in [0.05, 0.1) is 25.9 Å². The Labute approximate surface area is 254 Å². The van der Waals surface area contributed by atoms with Crippen molar-refractivity contribution in [2.75, 3.05) is 33.0 Å². The summed E-state index contributed by atoms with van der Waals surface area (Å²) >= 11 is 0. The molecule has 0 spiro atoms. The first-order valence-electron chi connectivity index (χ1n) is 14.9. The van der Waals surface area contributed by atoms with E-state index in [0.29, 0.717) is 30.3 Å². The largest absolute Gasteiger partial charge is 0.458 e. The van der Waals surface area contributed by atoms with Crippen LogP contribution < -0.4 is 0 Å². The minimum atomic E-state index is -0.758. The topological polar surface area (TPSA) is 124 Å². The van der Waals surface area contributed by atoms with E-state index in [1.54, 1.807) is 13.8 Å². The molecular weight excluding hydrogens is 556 g/mol. The Morgan fingerprint density at radius 1 is 0.814 bits per heavy atom. The molecule has 3 aliphatic rings. The van der Waals surface area contributed by atoms with Gasteiger partial charge in [0, 0.05) is 23.3 Å². The fourth-order valence-electron chi connectivity index (χ4n) is 6.71. The average Bonchev–Trinajstić information content (AvgIpc) is 3.54. The third kappa shape index (κ3) is 9.63. The van der Waals surface area contributed by atoms with Crippen LogP contribution in [0.1, 0.15) is 52.9 Å². The molecule has 2 bridgehead atoms. The third-order valence-electron chi connectivity index (χ3n) is 8.75. The molecule has 3 rings (SSSR count). The second kappa shape index (κ2) is 15.5. The van der Waals surface area contributed by atoms with Crippen molar-refractivity contribution in [1.82, 2.24) is 0 Å². The van der Waals surface area contributed by atoms with Gasteiger partial charge >= 0.3 is 23.9 Å². The van der Waals surface area contributed by atoms with Crippen LogP contribution in [-0.4, -0.2) is 75.2 Å². The number of carbonyl (C=O) groups excluding carboxylic acids is 4. The molecule has 3 saturated carbocycles. The van der Waals surface area contributed by atoms with Gasteiger partial charge in [-0.25, -0.2) is 19.2 Å². The number of hydrogen-bond acceptors (Lipinski definition) is 10. The normalized spacial score (nSPS) is 28.5. The van der Waals surface area contributed by atoms with E-state index in [-0.39, 0.29) is 49.1 Å². The quantitative estimate of drug-likeness (QED) is 0.135. The maximum atomic E-state index is 11.9. The van der Waals surface area contributed by atoms with Crippen molar-refractivity contribution in [2.24, 2.45) is 29.1 Å². The number of fused-ring (bicyclic) bond motifs is 5. The number of esters is 4. The van der Waals surface area contributed by atoms with Gasteiger partial charge in [-0.15, -0.1) is 0 Å². The highest BCUT2D eigenvalue weighted by molar-refractivity contribution is 5.87. The van der Waals surface area contributed by atoms with Crippen LogP contribution in [0.15, 0.2) is 49.6 Å². The highest BCUT2D eigenvalue weighted by atomic mass is 16.6. The summed E-state index contributed by atoms with van der Waals surface area (Å²) in [5.74, 6) is -0.237. The SMILES string of the molecule is C=CC(=O)OC(COCC1(C)CCC2C3CC(OCC(COC(=O)C(=C)C)OC(=O)C=C)C(C3)C2C1)COC(=O)C(=C)C. The van der Waals surface area contributed by atoms with E-state index in [2.05, 4.69) is 33.2 Å². The zero-order chi connectivity index (χ0) is 31.7. The summed E-state index contributed by atoms with van der Waals surface area (Å²) in [6.07, 6.45) is 5.84. The molecule has 0 saturated heterocycles. The highest BCUT2D eigenvalue weighted by Gasteiger charge is 2.56. The van der Waals surface area contributed by atoms with Crippen LogP contribution in [0.4, 0.5) is 0 Å². The fourth-order valence-corrected chi connectivity index (χ4v) is 6.71. The molecular formula is C33H46O10. The number of rotatable bonds is 17. The lowest BCUT2D eigenvalue weighted by Crippen LogP contribution is -2.43. The average molecular weight is 603 g/mol. The molecule has 0 aliphatic heterocycles. The monoisotopic (exact) mass is 602 g/mol. The summed E-state index contributed by atoms with van der Waals surface area (Å²) in [6.45, 7) is 19.7. The Morgan fingerprint density at radius 2 is 1.37 bits per heavy atom. The second-order valence-electron chi connectivity index (χ2n) is 12.4.